The summed E-state index contributed by atoms with van der Waals surface area (Å²) in [6.07, 6.45) is 5.41. The zero-order valence-corrected chi connectivity index (χ0v) is 21.0. The van der Waals surface area contributed by atoms with Gasteiger partial charge >= 0.3 is 6.09 Å². The summed E-state index contributed by atoms with van der Waals surface area (Å²) in [6, 6.07) is 12.7. The molecule has 1 spiro atoms. The molecule has 3 aliphatic rings. The number of pyridine rings is 1. The number of amides is 1. The number of hydrogen-bond donors (Lipinski definition) is 0. The topological polar surface area (TPSA) is 67.4 Å². The monoisotopic (exact) mass is 480 g/mol. The lowest BCUT2D eigenvalue weighted by Gasteiger charge is -2.38. The lowest BCUT2D eigenvalue weighted by Crippen LogP contribution is -2.47. The Hall–Kier alpha value is -3.00. The number of hydrogen-bond acceptors (Lipinski definition) is 7. The molecular formula is C27H36N4O4. The fraction of sp³-hybridized carbons (Fsp3) is 0.556. The Morgan fingerprint density at radius 1 is 1.00 bits per heavy atom. The first-order valence-corrected chi connectivity index (χ1v) is 12.7. The minimum absolute atomic E-state index is 0.298. The van der Waals surface area contributed by atoms with Gasteiger partial charge in [-0.15, -0.1) is 0 Å². The number of aromatic nitrogens is 1. The lowest BCUT2D eigenvalue weighted by molar-refractivity contribution is 0.0367. The largest absolute Gasteiger partial charge is 0.490 e. The molecule has 1 aromatic heterocycles. The molecule has 0 aliphatic carbocycles. The quantitative estimate of drug-likeness (QED) is 0.609. The molecule has 4 heterocycles. The highest BCUT2D eigenvalue weighted by Gasteiger charge is 2.47. The van der Waals surface area contributed by atoms with E-state index in [1.54, 1.807) is 24.3 Å². The molecule has 0 saturated carbocycles. The van der Waals surface area contributed by atoms with Crippen LogP contribution < -0.4 is 19.3 Å². The van der Waals surface area contributed by atoms with E-state index in [2.05, 4.69) is 52.9 Å². The highest BCUT2D eigenvalue weighted by atomic mass is 16.6. The van der Waals surface area contributed by atoms with E-state index in [0.29, 0.717) is 24.6 Å². The maximum Gasteiger partial charge on any atom is 0.415 e. The second-order valence-electron chi connectivity index (χ2n) is 10.1. The molecular weight excluding hydrogens is 444 g/mol. The van der Waals surface area contributed by atoms with Gasteiger partial charge in [0.25, 0.3) is 0 Å². The molecule has 0 atom stereocenters. The van der Waals surface area contributed by atoms with Gasteiger partial charge in [0.1, 0.15) is 17.5 Å². The fourth-order valence-corrected chi connectivity index (χ4v) is 5.35. The molecule has 8 heteroatoms. The van der Waals surface area contributed by atoms with Gasteiger partial charge in [-0.05, 0) is 57.0 Å². The number of carbonyl (C=O) groups is 1. The van der Waals surface area contributed by atoms with Crippen LogP contribution in [0.25, 0.3) is 0 Å². The Kier molecular flexibility index (Phi) is 6.73. The first kappa shape index (κ1) is 23.7. The molecule has 3 saturated heterocycles. The van der Waals surface area contributed by atoms with Gasteiger partial charge in [0.2, 0.25) is 5.88 Å². The van der Waals surface area contributed by atoms with Crippen LogP contribution >= 0.6 is 0 Å². The molecule has 1 amide bonds. The average molecular weight is 481 g/mol. The van der Waals surface area contributed by atoms with E-state index in [9.17, 15) is 4.79 Å². The third-order valence-electron chi connectivity index (χ3n) is 7.60. The first-order chi connectivity index (χ1) is 16.9. The average Bonchev–Trinajstić information content (AvgIpc) is 3.20. The number of ether oxygens (including phenoxy) is 3. The lowest BCUT2D eigenvalue weighted by atomic mass is 9.91. The number of likely N-dealkylation sites (tertiary alicyclic amines) is 1. The first-order valence-electron chi connectivity index (χ1n) is 12.7. The van der Waals surface area contributed by atoms with Crippen molar-refractivity contribution in [3.63, 3.8) is 0 Å². The fourth-order valence-electron chi connectivity index (χ4n) is 5.35. The van der Waals surface area contributed by atoms with Crippen LogP contribution in [0.1, 0.15) is 39.5 Å². The SMILES string of the molecule is COc1ccc(N2CC3(CCN(c4ccc(OC5CCN(C(C)C)CC5)cc4)CC3)OC2=O)cn1. The van der Waals surface area contributed by atoms with E-state index in [1.807, 2.05) is 6.07 Å². The Labute approximate surface area is 207 Å². The second-order valence-corrected chi connectivity index (χ2v) is 10.1. The van der Waals surface area contributed by atoms with Gasteiger partial charge in [-0.2, -0.15) is 0 Å². The predicted octanol–water partition coefficient (Wildman–Crippen LogP) is 4.34. The van der Waals surface area contributed by atoms with Crippen molar-refractivity contribution in [2.24, 2.45) is 0 Å². The maximum atomic E-state index is 12.6. The van der Waals surface area contributed by atoms with E-state index in [-0.39, 0.29) is 6.09 Å². The van der Waals surface area contributed by atoms with E-state index in [4.69, 9.17) is 14.2 Å². The summed E-state index contributed by atoms with van der Waals surface area (Å²) in [7, 11) is 1.58. The van der Waals surface area contributed by atoms with Crippen LogP contribution in [0.4, 0.5) is 16.2 Å². The zero-order chi connectivity index (χ0) is 24.4. The molecule has 5 rings (SSSR count). The van der Waals surface area contributed by atoms with Gasteiger partial charge in [-0.1, -0.05) is 0 Å². The van der Waals surface area contributed by atoms with Crippen LogP contribution in [0.2, 0.25) is 0 Å². The summed E-state index contributed by atoms with van der Waals surface area (Å²) >= 11 is 0. The third kappa shape index (κ3) is 5.17. The summed E-state index contributed by atoms with van der Waals surface area (Å²) in [5.74, 6) is 1.47. The van der Waals surface area contributed by atoms with Crippen molar-refractivity contribution in [2.45, 2.75) is 57.3 Å². The van der Waals surface area contributed by atoms with Gasteiger partial charge in [-0.3, -0.25) is 4.90 Å². The van der Waals surface area contributed by atoms with Gasteiger partial charge in [0.05, 0.1) is 25.5 Å². The van der Waals surface area contributed by atoms with Gasteiger partial charge in [0.15, 0.2) is 0 Å². The smallest absolute Gasteiger partial charge is 0.415 e. The highest BCUT2D eigenvalue weighted by Crippen LogP contribution is 2.37. The summed E-state index contributed by atoms with van der Waals surface area (Å²) in [5.41, 5.74) is 1.48. The predicted molar refractivity (Wildman–Crippen MR) is 136 cm³/mol. The summed E-state index contributed by atoms with van der Waals surface area (Å²) in [5, 5.41) is 0. The van der Waals surface area contributed by atoms with Crippen molar-refractivity contribution in [3.05, 3.63) is 42.6 Å². The van der Waals surface area contributed by atoms with Crippen molar-refractivity contribution < 1.29 is 19.0 Å². The van der Waals surface area contributed by atoms with Gasteiger partial charge < -0.3 is 24.0 Å². The van der Waals surface area contributed by atoms with Crippen molar-refractivity contribution >= 4 is 17.5 Å². The number of benzene rings is 1. The van der Waals surface area contributed by atoms with Crippen LogP contribution in [0, 0.1) is 0 Å². The standard InChI is InChI=1S/C27H36N4O4/c1-20(2)29-14-10-24(11-15-29)34-23-7-4-21(5-8-23)30-16-12-27(13-17-30)19-31(26(32)35-27)22-6-9-25(33-3)28-18-22/h4-9,18,20,24H,10-17,19H2,1-3H3. The second kappa shape index (κ2) is 9.93. The maximum absolute atomic E-state index is 12.6. The number of methoxy groups -OCH3 is 1. The molecule has 0 radical (unpaired) electrons. The molecule has 188 valence electrons. The molecule has 3 fully saturated rings. The Bertz CT molecular complexity index is 995. The van der Waals surface area contributed by atoms with Crippen LogP contribution in [0.5, 0.6) is 11.6 Å². The highest BCUT2D eigenvalue weighted by molar-refractivity contribution is 5.90. The molecule has 1 aromatic carbocycles. The van der Waals surface area contributed by atoms with E-state index < -0.39 is 5.60 Å². The van der Waals surface area contributed by atoms with Crippen LogP contribution in [-0.4, -0.2) is 73.6 Å². The van der Waals surface area contributed by atoms with Crippen LogP contribution in [0.15, 0.2) is 42.6 Å². The number of carbonyl (C=O) groups excluding carboxylic acids is 1. The molecule has 0 bridgehead atoms. The van der Waals surface area contributed by atoms with E-state index >= 15 is 0 Å². The molecule has 8 nitrogen and oxygen atoms in total. The number of nitrogens with zero attached hydrogens (tertiary/aromatic N) is 4. The van der Waals surface area contributed by atoms with Crippen LogP contribution in [0.3, 0.4) is 0 Å². The summed E-state index contributed by atoms with van der Waals surface area (Å²) in [6.45, 7) is 8.96. The van der Waals surface area contributed by atoms with Crippen molar-refractivity contribution in [1.82, 2.24) is 9.88 Å². The zero-order valence-electron chi connectivity index (χ0n) is 21.0. The molecule has 3 aliphatic heterocycles. The molecule has 0 N–H and O–H groups in total. The molecule has 35 heavy (non-hydrogen) atoms. The summed E-state index contributed by atoms with van der Waals surface area (Å²) < 4.78 is 17.3. The normalized spacial score (nSPS) is 21.0. The number of anilines is 2. The van der Waals surface area contributed by atoms with Crippen molar-refractivity contribution in [1.29, 1.82) is 0 Å². The third-order valence-corrected chi connectivity index (χ3v) is 7.60. The van der Waals surface area contributed by atoms with Crippen LogP contribution in [-0.2, 0) is 4.74 Å². The summed E-state index contributed by atoms with van der Waals surface area (Å²) in [4.78, 5) is 23.4. The van der Waals surface area contributed by atoms with Crippen molar-refractivity contribution in [3.8, 4) is 11.6 Å². The molecule has 0 unspecified atom stereocenters. The Morgan fingerprint density at radius 2 is 1.69 bits per heavy atom. The minimum atomic E-state index is -0.443. The van der Waals surface area contributed by atoms with E-state index in [1.165, 1.54) is 5.69 Å². The Balaban J connectivity index is 1.14. The number of rotatable bonds is 6. The van der Waals surface area contributed by atoms with Gasteiger partial charge in [0, 0.05) is 56.8 Å². The molecule has 2 aromatic rings. The minimum Gasteiger partial charge on any atom is -0.490 e. The van der Waals surface area contributed by atoms with Gasteiger partial charge in [-0.25, -0.2) is 9.78 Å². The van der Waals surface area contributed by atoms with E-state index in [0.717, 1.165) is 63.3 Å². The number of piperidine rings is 2. The Morgan fingerprint density at radius 3 is 2.29 bits per heavy atom. The van der Waals surface area contributed by atoms with Crippen molar-refractivity contribution in [2.75, 3.05) is 49.6 Å².